The van der Waals surface area contributed by atoms with Crippen molar-refractivity contribution >= 4 is 27.6 Å². The van der Waals surface area contributed by atoms with Crippen molar-refractivity contribution in [1.82, 2.24) is 0 Å². The molecule has 0 saturated carbocycles. The Morgan fingerprint density at radius 2 is 2.11 bits per heavy atom. The number of nitrogens with zero attached hydrogens (tertiary/aromatic N) is 1. The SMILES string of the molecule is O=C(O)CCc1ccc(N2CCOCC2)c(Br)c1. The second kappa shape index (κ2) is 6.20. The number of aliphatic carboxylic acids is 1. The third-order valence-electron chi connectivity index (χ3n) is 2.99. The lowest BCUT2D eigenvalue weighted by Crippen LogP contribution is -2.36. The van der Waals surface area contributed by atoms with E-state index in [1.165, 1.54) is 0 Å². The third kappa shape index (κ3) is 3.46. The van der Waals surface area contributed by atoms with Crippen LogP contribution in [0.25, 0.3) is 0 Å². The van der Waals surface area contributed by atoms with E-state index in [9.17, 15) is 4.79 Å². The second-order valence-corrected chi connectivity index (χ2v) is 5.13. The molecular weight excluding hydrogens is 298 g/mol. The van der Waals surface area contributed by atoms with E-state index in [1.807, 2.05) is 18.2 Å². The van der Waals surface area contributed by atoms with Crippen molar-refractivity contribution in [2.75, 3.05) is 31.2 Å². The molecule has 1 aromatic carbocycles. The summed E-state index contributed by atoms with van der Waals surface area (Å²) in [6, 6.07) is 6.05. The van der Waals surface area contributed by atoms with Gasteiger partial charge >= 0.3 is 5.97 Å². The predicted molar refractivity (Wildman–Crippen MR) is 73.1 cm³/mol. The Labute approximate surface area is 115 Å². The Morgan fingerprint density at radius 3 is 2.72 bits per heavy atom. The molecular formula is C13H16BrNO3. The maximum Gasteiger partial charge on any atom is 0.303 e. The number of anilines is 1. The van der Waals surface area contributed by atoms with Crippen LogP contribution in [-0.2, 0) is 16.0 Å². The minimum atomic E-state index is -0.761. The van der Waals surface area contributed by atoms with Gasteiger partial charge in [0.15, 0.2) is 0 Å². The first-order chi connectivity index (χ1) is 8.66. The van der Waals surface area contributed by atoms with Crippen LogP contribution >= 0.6 is 15.9 Å². The van der Waals surface area contributed by atoms with Gasteiger partial charge < -0.3 is 14.7 Å². The van der Waals surface area contributed by atoms with Crippen LogP contribution in [0.15, 0.2) is 22.7 Å². The average Bonchev–Trinajstić information content (AvgIpc) is 2.37. The van der Waals surface area contributed by atoms with Crippen molar-refractivity contribution in [2.24, 2.45) is 0 Å². The summed E-state index contributed by atoms with van der Waals surface area (Å²) in [5.41, 5.74) is 2.19. The number of aryl methyl sites for hydroxylation is 1. The molecule has 1 aliphatic rings. The number of ether oxygens (including phenoxy) is 1. The number of hydrogen-bond acceptors (Lipinski definition) is 3. The average molecular weight is 314 g/mol. The monoisotopic (exact) mass is 313 g/mol. The zero-order chi connectivity index (χ0) is 13.0. The number of carboxylic acid groups (broad SMARTS) is 1. The summed E-state index contributed by atoms with van der Waals surface area (Å²) in [6.07, 6.45) is 0.737. The molecule has 0 atom stereocenters. The smallest absolute Gasteiger partial charge is 0.303 e. The normalized spacial score (nSPS) is 15.7. The van der Waals surface area contributed by atoms with Gasteiger partial charge in [-0.05, 0) is 40.0 Å². The molecule has 1 aromatic rings. The van der Waals surface area contributed by atoms with Crippen LogP contribution in [0.2, 0.25) is 0 Å². The fourth-order valence-corrected chi connectivity index (χ4v) is 2.69. The van der Waals surface area contributed by atoms with E-state index in [-0.39, 0.29) is 6.42 Å². The molecule has 1 N–H and O–H groups in total. The number of halogens is 1. The summed E-state index contributed by atoms with van der Waals surface area (Å²) >= 11 is 3.56. The van der Waals surface area contributed by atoms with Gasteiger partial charge in [0, 0.05) is 24.0 Å². The number of hydrogen-bond donors (Lipinski definition) is 1. The van der Waals surface area contributed by atoms with Crippen LogP contribution in [0.5, 0.6) is 0 Å². The van der Waals surface area contributed by atoms with Crippen molar-refractivity contribution in [3.05, 3.63) is 28.2 Å². The van der Waals surface area contributed by atoms with Crippen molar-refractivity contribution in [1.29, 1.82) is 0 Å². The van der Waals surface area contributed by atoms with Crippen LogP contribution in [0.4, 0.5) is 5.69 Å². The van der Waals surface area contributed by atoms with Gasteiger partial charge in [0.05, 0.1) is 18.9 Å². The van der Waals surface area contributed by atoms with E-state index in [1.54, 1.807) is 0 Å². The van der Waals surface area contributed by atoms with Gasteiger partial charge in [-0.1, -0.05) is 6.07 Å². The zero-order valence-corrected chi connectivity index (χ0v) is 11.6. The van der Waals surface area contributed by atoms with E-state index in [0.29, 0.717) is 6.42 Å². The topological polar surface area (TPSA) is 49.8 Å². The summed E-state index contributed by atoms with van der Waals surface area (Å²) in [6.45, 7) is 3.31. The molecule has 0 bridgehead atoms. The molecule has 5 heteroatoms. The molecule has 0 spiro atoms. The molecule has 98 valence electrons. The Balaban J connectivity index is 2.06. The minimum Gasteiger partial charge on any atom is -0.481 e. The molecule has 0 aromatic heterocycles. The van der Waals surface area contributed by atoms with Gasteiger partial charge in [-0.2, -0.15) is 0 Å². The molecule has 0 unspecified atom stereocenters. The standard InChI is InChI=1S/C13H16BrNO3/c14-11-9-10(2-4-13(16)17)1-3-12(11)15-5-7-18-8-6-15/h1,3,9H,2,4-8H2,(H,16,17). The van der Waals surface area contributed by atoms with Crippen molar-refractivity contribution in [2.45, 2.75) is 12.8 Å². The minimum absolute atomic E-state index is 0.170. The first kappa shape index (κ1) is 13.4. The first-order valence-electron chi connectivity index (χ1n) is 6.00. The Kier molecular flexibility index (Phi) is 4.60. The maximum atomic E-state index is 10.5. The molecule has 0 radical (unpaired) electrons. The highest BCUT2D eigenvalue weighted by Gasteiger charge is 2.14. The molecule has 1 fully saturated rings. The molecule has 0 aliphatic carbocycles. The lowest BCUT2D eigenvalue weighted by molar-refractivity contribution is -0.136. The van der Waals surface area contributed by atoms with Gasteiger partial charge in [0.1, 0.15) is 0 Å². The highest BCUT2D eigenvalue weighted by molar-refractivity contribution is 9.10. The Hall–Kier alpha value is -1.07. The quantitative estimate of drug-likeness (QED) is 0.926. The molecule has 1 heterocycles. The number of carbonyl (C=O) groups is 1. The van der Waals surface area contributed by atoms with Crippen LogP contribution < -0.4 is 4.90 Å². The number of rotatable bonds is 4. The van der Waals surface area contributed by atoms with Gasteiger partial charge in [-0.3, -0.25) is 4.79 Å². The molecule has 0 amide bonds. The molecule has 1 saturated heterocycles. The lowest BCUT2D eigenvalue weighted by Gasteiger charge is -2.29. The van der Waals surface area contributed by atoms with Crippen LogP contribution in [0.1, 0.15) is 12.0 Å². The molecule has 4 nitrogen and oxygen atoms in total. The highest BCUT2D eigenvalue weighted by Crippen LogP contribution is 2.28. The van der Waals surface area contributed by atoms with E-state index >= 15 is 0 Å². The highest BCUT2D eigenvalue weighted by atomic mass is 79.9. The third-order valence-corrected chi connectivity index (χ3v) is 3.63. The summed E-state index contributed by atoms with van der Waals surface area (Å²) < 4.78 is 6.35. The molecule has 1 aliphatic heterocycles. The predicted octanol–water partition coefficient (Wildman–Crippen LogP) is 2.30. The Morgan fingerprint density at radius 1 is 1.39 bits per heavy atom. The fourth-order valence-electron chi connectivity index (χ4n) is 2.02. The summed E-state index contributed by atoms with van der Waals surface area (Å²) in [4.78, 5) is 12.8. The van der Waals surface area contributed by atoms with Crippen molar-refractivity contribution in [3.63, 3.8) is 0 Å². The second-order valence-electron chi connectivity index (χ2n) is 4.28. The van der Waals surface area contributed by atoms with Gasteiger partial charge in [-0.15, -0.1) is 0 Å². The largest absolute Gasteiger partial charge is 0.481 e. The van der Waals surface area contributed by atoms with Crippen molar-refractivity contribution in [3.8, 4) is 0 Å². The molecule has 2 rings (SSSR count). The van der Waals surface area contributed by atoms with Crippen LogP contribution in [-0.4, -0.2) is 37.4 Å². The fraction of sp³-hybridized carbons (Fsp3) is 0.462. The van der Waals surface area contributed by atoms with Gasteiger partial charge in [-0.25, -0.2) is 0 Å². The first-order valence-corrected chi connectivity index (χ1v) is 6.79. The van der Waals surface area contributed by atoms with E-state index in [4.69, 9.17) is 9.84 Å². The van der Waals surface area contributed by atoms with Crippen LogP contribution in [0.3, 0.4) is 0 Å². The maximum absolute atomic E-state index is 10.5. The summed E-state index contributed by atoms with van der Waals surface area (Å²) in [5.74, 6) is -0.761. The van der Waals surface area contributed by atoms with Gasteiger partial charge in [0.25, 0.3) is 0 Å². The van der Waals surface area contributed by atoms with Gasteiger partial charge in [0.2, 0.25) is 0 Å². The van der Waals surface area contributed by atoms with Crippen LogP contribution in [0, 0.1) is 0 Å². The van der Waals surface area contributed by atoms with E-state index < -0.39 is 5.97 Å². The number of carboxylic acids is 1. The number of benzene rings is 1. The molecule has 18 heavy (non-hydrogen) atoms. The zero-order valence-electron chi connectivity index (χ0n) is 10.1. The number of morpholine rings is 1. The summed E-state index contributed by atoms with van der Waals surface area (Å²) in [5, 5.41) is 8.67. The van der Waals surface area contributed by atoms with E-state index in [0.717, 1.165) is 42.0 Å². The Bertz CT molecular complexity index is 430. The van der Waals surface area contributed by atoms with E-state index in [2.05, 4.69) is 20.8 Å². The van der Waals surface area contributed by atoms with Crippen molar-refractivity contribution < 1.29 is 14.6 Å². The lowest BCUT2D eigenvalue weighted by atomic mass is 10.1. The summed E-state index contributed by atoms with van der Waals surface area (Å²) in [7, 11) is 0.